The van der Waals surface area contributed by atoms with Crippen LogP contribution in [-0.4, -0.2) is 33.4 Å². The Morgan fingerprint density at radius 1 is 1.08 bits per heavy atom. The van der Waals surface area contributed by atoms with Crippen LogP contribution in [0.5, 0.6) is 0 Å². The highest BCUT2D eigenvalue weighted by molar-refractivity contribution is 5.89. The van der Waals surface area contributed by atoms with Crippen LogP contribution in [0.2, 0.25) is 0 Å². The summed E-state index contributed by atoms with van der Waals surface area (Å²) in [5.74, 6) is 0.000160. The third kappa shape index (κ3) is 5.66. The highest BCUT2D eigenvalue weighted by atomic mass is 16.6. The number of carbonyl (C=O) groups excluding carboxylic acids is 2. The number of hydrogen-bond donors (Lipinski definition) is 0. The summed E-state index contributed by atoms with van der Waals surface area (Å²) in [7, 11) is 0. The first-order chi connectivity index (χ1) is 16.9. The number of hydrogen-bond acceptors (Lipinski definition) is 5. The molecular formula is C29H36N2O5. The van der Waals surface area contributed by atoms with Crippen molar-refractivity contribution in [2.45, 2.75) is 84.4 Å². The number of allylic oxidation sites excluding steroid dienone is 4. The first kappa shape index (κ1) is 25.6. The van der Waals surface area contributed by atoms with E-state index in [1.54, 1.807) is 4.90 Å². The molecular weight excluding hydrogens is 456 g/mol. The Bertz CT molecular complexity index is 1150. The monoisotopic (exact) mass is 492 g/mol. The summed E-state index contributed by atoms with van der Waals surface area (Å²) in [5.41, 5.74) is 3.32. The van der Waals surface area contributed by atoms with Crippen molar-refractivity contribution >= 4 is 12.0 Å². The smallest absolute Gasteiger partial charge is 0.411 e. The molecule has 3 aliphatic rings. The number of carbonyl (C=O) groups is 2. The third-order valence-corrected chi connectivity index (χ3v) is 6.33. The highest BCUT2D eigenvalue weighted by Gasteiger charge is 2.41. The van der Waals surface area contributed by atoms with E-state index in [4.69, 9.17) is 14.2 Å². The number of benzene rings is 1. The van der Waals surface area contributed by atoms with E-state index in [9.17, 15) is 9.59 Å². The highest BCUT2D eigenvalue weighted by Crippen LogP contribution is 2.33. The molecule has 0 N–H and O–H groups in total. The molecule has 192 valence electrons. The number of rotatable bonds is 3. The van der Waals surface area contributed by atoms with Crippen molar-refractivity contribution in [2.24, 2.45) is 0 Å². The molecule has 0 aromatic heterocycles. The SMILES string of the molecule is CC(C)(C)OC(=O)N1Cc2cc(C(C)(C)C)ccc2C[C@H]1C(=O)N(C1=CC=CCC1)C1=COC=CO1. The number of nitrogens with zero attached hydrogens (tertiary/aromatic N) is 2. The zero-order chi connectivity index (χ0) is 26.1. The molecule has 2 amide bonds. The van der Waals surface area contributed by atoms with Gasteiger partial charge < -0.3 is 14.2 Å². The van der Waals surface area contributed by atoms with Gasteiger partial charge in [-0.15, -0.1) is 0 Å². The van der Waals surface area contributed by atoms with Crippen molar-refractivity contribution in [1.82, 2.24) is 9.80 Å². The van der Waals surface area contributed by atoms with Crippen LogP contribution in [0.15, 0.2) is 66.8 Å². The first-order valence-electron chi connectivity index (χ1n) is 12.4. The molecule has 36 heavy (non-hydrogen) atoms. The summed E-state index contributed by atoms with van der Waals surface area (Å²) in [6.07, 6.45) is 11.4. The van der Waals surface area contributed by atoms with Crippen molar-refractivity contribution in [3.63, 3.8) is 0 Å². The van der Waals surface area contributed by atoms with Crippen molar-refractivity contribution in [2.75, 3.05) is 0 Å². The van der Waals surface area contributed by atoms with E-state index in [1.165, 1.54) is 29.2 Å². The average molecular weight is 493 g/mol. The molecule has 0 saturated carbocycles. The van der Waals surface area contributed by atoms with Crippen LogP contribution in [0, 0.1) is 0 Å². The number of amides is 2. The van der Waals surface area contributed by atoms with Gasteiger partial charge in [-0.2, -0.15) is 0 Å². The lowest BCUT2D eigenvalue weighted by Crippen LogP contribution is -2.54. The minimum absolute atomic E-state index is 0.0332. The fraction of sp³-hybridized carbons (Fsp3) is 0.448. The lowest BCUT2D eigenvalue weighted by atomic mass is 9.83. The second-order valence-corrected chi connectivity index (χ2v) is 11.3. The molecule has 7 heteroatoms. The van der Waals surface area contributed by atoms with Crippen molar-refractivity contribution < 1.29 is 23.8 Å². The van der Waals surface area contributed by atoms with Crippen LogP contribution < -0.4 is 0 Å². The Morgan fingerprint density at radius 2 is 1.86 bits per heavy atom. The van der Waals surface area contributed by atoms with Crippen LogP contribution in [-0.2, 0) is 37.4 Å². The zero-order valence-electron chi connectivity index (χ0n) is 22.0. The molecule has 0 radical (unpaired) electrons. The molecule has 0 spiro atoms. The van der Waals surface area contributed by atoms with E-state index in [1.807, 2.05) is 32.9 Å². The molecule has 0 unspecified atom stereocenters. The van der Waals surface area contributed by atoms with E-state index in [-0.39, 0.29) is 23.8 Å². The summed E-state index contributed by atoms with van der Waals surface area (Å²) in [6.45, 7) is 12.2. The summed E-state index contributed by atoms with van der Waals surface area (Å²) in [5, 5.41) is 0. The van der Waals surface area contributed by atoms with Gasteiger partial charge in [0.05, 0.1) is 6.54 Å². The standard InChI is InChI=1S/C29H36N2O5/c1-28(2,3)22-13-12-20-17-24(30(18-21(20)16-22)27(33)36-29(4,5)6)26(32)31(23-10-8-7-9-11-23)25-19-34-14-15-35-25/h7-8,10,12-16,19,24H,9,11,17-18H2,1-6H3/t24-/m0/s1. The zero-order valence-corrected chi connectivity index (χ0v) is 22.0. The van der Waals surface area contributed by atoms with Crippen LogP contribution >= 0.6 is 0 Å². The maximum absolute atomic E-state index is 14.2. The first-order valence-corrected chi connectivity index (χ1v) is 12.4. The molecule has 0 fully saturated rings. The van der Waals surface area contributed by atoms with Gasteiger partial charge in [-0.05, 0) is 61.8 Å². The van der Waals surface area contributed by atoms with Crippen LogP contribution in [0.1, 0.15) is 71.1 Å². The summed E-state index contributed by atoms with van der Waals surface area (Å²) >= 11 is 0. The van der Waals surface area contributed by atoms with Gasteiger partial charge in [-0.1, -0.05) is 51.1 Å². The Hall–Kier alpha value is -3.48. The molecule has 0 saturated heterocycles. The van der Waals surface area contributed by atoms with E-state index in [0.29, 0.717) is 12.8 Å². The number of ether oxygens (including phenoxy) is 3. The molecule has 2 heterocycles. The lowest BCUT2D eigenvalue weighted by Gasteiger charge is -2.40. The molecule has 0 bridgehead atoms. The maximum Gasteiger partial charge on any atom is 0.411 e. The van der Waals surface area contributed by atoms with Gasteiger partial charge in [0, 0.05) is 12.1 Å². The Labute approximate surface area is 213 Å². The minimum atomic E-state index is -0.768. The lowest BCUT2D eigenvalue weighted by molar-refractivity contribution is -0.136. The minimum Gasteiger partial charge on any atom is -0.464 e. The Morgan fingerprint density at radius 3 is 2.47 bits per heavy atom. The number of fused-ring (bicyclic) bond motifs is 1. The van der Waals surface area contributed by atoms with E-state index >= 15 is 0 Å². The fourth-order valence-corrected chi connectivity index (χ4v) is 4.46. The quantitative estimate of drug-likeness (QED) is 0.516. The Balaban J connectivity index is 1.74. The van der Waals surface area contributed by atoms with Gasteiger partial charge in [-0.25, -0.2) is 9.69 Å². The van der Waals surface area contributed by atoms with Crippen molar-refractivity contribution in [3.05, 3.63) is 83.5 Å². The predicted octanol–water partition coefficient (Wildman–Crippen LogP) is 6.03. The largest absolute Gasteiger partial charge is 0.464 e. The molecule has 1 aromatic rings. The van der Waals surface area contributed by atoms with Crippen molar-refractivity contribution in [3.8, 4) is 0 Å². The third-order valence-electron chi connectivity index (χ3n) is 6.33. The summed E-state index contributed by atoms with van der Waals surface area (Å²) in [6, 6.07) is 5.57. The average Bonchev–Trinajstić information content (AvgIpc) is 2.82. The van der Waals surface area contributed by atoms with Gasteiger partial charge in [0.1, 0.15) is 24.2 Å². The van der Waals surface area contributed by atoms with Crippen LogP contribution in [0.3, 0.4) is 0 Å². The van der Waals surface area contributed by atoms with Gasteiger partial charge >= 0.3 is 6.09 Å². The molecule has 2 aliphatic heterocycles. The maximum atomic E-state index is 14.2. The van der Waals surface area contributed by atoms with Gasteiger partial charge in [0.15, 0.2) is 6.26 Å². The van der Waals surface area contributed by atoms with Crippen LogP contribution in [0.4, 0.5) is 4.79 Å². The molecule has 4 rings (SSSR count). The van der Waals surface area contributed by atoms with E-state index < -0.39 is 17.7 Å². The Kier molecular flexibility index (Phi) is 7.03. The van der Waals surface area contributed by atoms with Gasteiger partial charge in [0.25, 0.3) is 5.91 Å². The topological polar surface area (TPSA) is 68.3 Å². The molecule has 1 aliphatic carbocycles. The molecule has 1 aromatic carbocycles. The molecule has 7 nitrogen and oxygen atoms in total. The van der Waals surface area contributed by atoms with Crippen molar-refractivity contribution in [1.29, 1.82) is 0 Å². The molecule has 1 atom stereocenters. The van der Waals surface area contributed by atoms with E-state index in [2.05, 4.69) is 45.0 Å². The van der Waals surface area contributed by atoms with E-state index in [0.717, 1.165) is 23.2 Å². The van der Waals surface area contributed by atoms with Gasteiger partial charge in [0.2, 0.25) is 5.88 Å². The van der Waals surface area contributed by atoms with Gasteiger partial charge in [-0.3, -0.25) is 9.69 Å². The second kappa shape index (κ2) is 9.88. The predicted molar refractivity (Wildman–Crippen MR) is 137 cm³/mol. The summed E-state index contributed by atoms with van der Waals surface area (Å²) in [4.78, 5) is 30.7. The second-order valence-electron chi connectivity index (χ2n) is 11.3. The van der Waals surface area contributed by atoms with Crippen LogP contribution in [0.25, 0.3) is 0 Å². The normalized spacial score (nSPS) is 19.4. The summed E-state index contributed by atoms with van der Waals surface area (Å²) < 4.78 is 16.7. The fourth-order valence-electron chi connectivity index (χ4n) is 4.46.